The first-order chi connectivity index (χ1) is 8.98. The van der Waals surface area contributed by atoms with Crippen molar-refractivity contribution in [2.24, 2.45) is 17.3 Å². The number of ether oxygens (including phenoxy) is 1. The number of hydrogen-bond acceptors (Lipinski definition) is 3. The van der Waals surface area contributed by atoms with Crippen LogP contribution < -0.4 is 0 Å². The van der Waals surface area contributed by atoms with Crippen molar-refractivity contribution < 1.29 is 19.4 Å². The first kappa shape index (κ1) is 16.0. The molecule has 4 heteroatoms. The molecule has 0 aromatic heterocycles. The van der Waals surface area contributed by atoms with Gasteiger partial charge in [0, 0.05) is 0 Å². The number of carbonyl (C=O) groups excluding carboxylic acids is 1. The summed E-state index contributed by atoms with van der Waals surface area (Å²) in [6, 6.07) is 0. The van der Waals surface area contributed by atoms with Gasteiger partial charge in [0.15, 0.2) is 5.41 Å². The fourth-order valence-corrected chi connectivity index (χ4v) is 3.51. The molecular weight excluding hydrogens is 244 g/mol. The maximum atomic E-state index is 12.2. The SMILES string of the molecule is CCCC(C)CC(C(=O)O)(C(=O)OC)C1CCCC1. The van der Waals surface area contributed by atoms with Gasteiger partial charge >= 0.3 is 11.9 Å². The van der Waals surface area contributed by atoms with Crippen LogP contribution in [0.3, 0.4) is 0 Å². The molecule has 0 heterocycles. The molecule has 2 atom stereocenters. The number of hydrogen-bond donors (Lipinski definition) is 1. The average Bonchev–Trinajstić information content (AvgIpc) is 2.89. The second-order valence-electron chi connectivity index (χ2n) is 5.85. The lowest BCUT2D eigenvalue weighted by molar-refractivity contribution is -0.173. The van der Waals surface area contributed by atoms with E-state index in [1.54, 1.807) is 0 Å². The quantitative estimate of drug-likeness (QED) is 0.569. The van der Waals surface area contributed by atoms with Gasteiger partial charge in [-0.05, 0) is 31.1 Å². The van der Waals surface area contributed by atoms with Crippen LogP contribution >= 0.6 is 0 Å². The Bertz CT molecular complexity index is 320. The molecular formula is C15H26O4. The van der Waals surface area contributed by atoms with Crippen molar-refractivity contribution in [3.05, 3.63) is 0 Å². The van der Waals surface area contributed by atoms with Crippen LogP contribution in [0.4, 0.5) is 0 Å². The van der Waals surface area contributed by atoms with Gasteiger partial charge in [-0.25, -0.2) is 0 Å². The molecule has 1 aliphatic rings. The Morgan fingerprint density at radius 2 is 1.95 bits per heavy atom. The summed E-state index contributed by atoms with van der Waals surface area (Å²) in [6.07, 6.45) is 6.01. The fourth-order valence-electron chi connectivity index (χ4n) is 3.51. The van der Waals surface area contributed by atoms with Crippen LogP contribution in [0, 0.1) is 17.3 Å². The van der Waals surface area contributed by atoms with Gasteiger partial charge in [0.1, 0.15) is 0 Å². The van der Waals surface area contributed by atoms with Gasteiger partial charge in [0.2, 0.25) is 0 Å². The van der Waals surface area contributed by atoms with Crippen molar-refractivity contribution in [2.45, 2.75) is 58.8 Å². The lowest BCUT2D eigenvalue weighted by Crippen LogP contribution is -2.47. The predicted octanol–water partition coefficient (Wildman–Crippen LogP) is 3.25. The molecule has 1 saturated carbocycles. The number of carbonyl (C=O) groups is 2. The standard InChI is InChI=1S/C15H26O4/c1-4-7-11(2)10-15(13(16)17,14(18)19-3)12-8-5-6-9-12/h11-12H,4-10H2,1-3H3,(H,16,17). The summed E-state index contributed by atoms with van der Waals surface area (Å²) in [7, 11) is 1.29. The van der Waals surface area contributed by atoms with Crippen LogP contribution in [0.2, 0.25) is 0 Å². The lowest BCUT2D eigenvalue weighted by Gasteiger charge is -2.34. The molecule has 1 aliphatic carbocycles. The topological polar surface area (TPSA) is 63.6 Å². The van der Waals surface area contributed by atoms with Crippen LogP contribution in [0.15, 0.2) is 0 Å². The number of carboxylic acid groups (broad SMARTS) is 1. The van der Waals surface area contributed by atoms with E-state index in [2.05, 4.69) is 6.92 Å². The van der Waals surface area contributed by atoms with Crippen LogP contribution in [-0.4, -0.2) is 24.2 Å². The highest BCUT2D eigenvalue weighted by Crippen LogP contribution is 2.45. The molecule has 2 unspecified atom stereocenters. The minimum absolute atomic E-state index is 0.0724. The molecule has 0 saturated heterocycles. The predicted molar refractivity (Wildman–Crippen MR) is 72.7 cm³/mol. The molecule has 1 fully saturated rings. The third-order valence-corrected chi connectivity index (χ3v) is 4.44. The zero-order valence-corrected chi connectivity index (χ0v) is 12.3. The van der Waals surface area contributed by atoms with Gasteiger partial charge in [-0.1, -0.05) is 39.5 Å². The van der Waals surface area contributed by atoms with Gasteiger partial charge in [-0.3, -0.25) is 9.59 Å². The largest absolute Gasteiger partial charge is 0.480 e. The maximum Gasteiger partial charge on any atom is 0.323 e. The first-order valence-electron chi connectivity index (χ1n) is 7.30. The summed E-state index contributed by atoms with van der Waals surface area (Å²) in [4.78, 5) is 24.0. The average molecular weight is 270 g/mol. The number of carboxylic acids is 1. The molecule has 0 aromatic rings. The summed E-state index contributed by atoms with van der Waals surface area (Å²) < 4.78 is 4.85. The molecule has 0 bridgehead atoms. The Balaban J connectivity index is 3.04. The van der Waals surface area contributed by atoms with Crippen molar-refractivity contribution >= 4 is 11.9 Å². The highest BCUT2D eigenvalue weighted by atomic mass is 16.5. The number of esters is 1. The third kappa shape index (κ3) is 3.28. The fraction of sp³-hybridized carbons (Fsp3) is 0.867. The smallest absolute Gasteiger partial charge is 0.323 e. The van der Waals surface area contributed by atoms with Crippen LogP contribution in [0.25, 0.3) is 0 Å². The van der Waals surface area contributed by atoms with Gasteiger partial charge in [0.05, 0.1) is 7.11 Å². The minimum atomic E-state index is -1.33. The summed E-state index contributed by atoms with van der Waals surface area (Å²) >= 11 is 0. The third-order valence-electron chi connectivity index (χ3n) is 4.44. The van der Waals surface area contributed by atoms with Crippen molar-refractivity contribution in [2.75, 3.05) is 7.11 Å². The Morgan fingerprint density at radius 3 is 2.37 bits per heavy atom. The molecule has 0 amide bonds. The van der Waals surface area contributed by atoms with E-state index in [1.807, 2.05) is 6.92 Å². The van der Waals surface area contributed by atoms with Crippen molar-refractivity contribution in [3.63, 3.8) is 0 Å². The lowest BCUT2D eigenvalue weighted by atomic mass is 9.68. The first-order valence-corrected chi connectivity index (χ1v) is 7.30. The van der Waals surface area contributed by atoms with E-state index in [-0.39, 0.29) is 11.8 Å². The molecule has 0 aliphatic heterocycles. The van der Waals surface area contributed by atoms with Crippen molar-refractivity contribution in [3.8, 4) is 0 Å². The molecule has 1 rings (SSSR count). The monoisotopic (exact) mass is 270 g/mol. The summed E-state index contributed by atoms with van der Waals surface area (Å²) in [6.45, 7) is 4.10. The second-order valence-corrected chi connectivity index (χ2v) is 5.85. The van der Waals surface area contributed by atoms with E-state index in [0.717, 1.165) is 38.5 Å². The maximum absolute atomic E-state index is 12.2. The van der Waals surface area contributed by atoms with Gasteiger partial charge in [0.25, 0.3) is 0 Å². The Morgan fingerprint density at radius 1 is 1.37 bits per heavy atom. The number of aliphatic carboxylic acids is 1. The van der Waals surface area contributed by atoms with Crippen LogP contribution in [0.1, 0.15) is 58.8 Å². The highest BCUT2D eigenvalue weighted by Gasteiger charge is 2.54. The van der Waals surface area contributed by atoms with Gasteiger partial charge in [-0.15, -0.1) is 0 Å². The van der Waals surface area contributed by atoms with E-state index in [9.17, 15) is 14.7 Å². The molecule has 0 aromatic carbocycles. The Kier molecular flexibility index (Phi) is 5.83. The van der Waals surface area contributed by atoms with Crippen LogP contribution in [0.5, 0.6) is 0 Å². The molecule has 4 nitrogen and oxygen atoms in total. The highest BCUT2D eigenvalue weighted by molar-refractivity contribution is 5.99. The summed E-state index contributed by atoms with van der Waals surface area (Å²) in [5, 5.41) is 9.70. The Labute approximate surface area is 115 Å². The minimum Gasteiger partial charge on any atom is -0.480 e. The zero-order chi connectivity index (χ0) is 14.5. The van der Waals surface area contributed by atoms with Gasteiger partial charge in [-0.2, -0.15) is 0 Å². The van der Waals surface area contributed by atoms with E-state index < -0.39 is 17.4 Å². The molecule has 0 spiro atoms. The van der Waals surface area contributed by atoms with E-state index in [1.165, 1.54) is 7.11 Å². The number of rotatable bonds is 7. The zero-order valence-electron chi connectivity index (χ0n) is 12.3. The summed E-state index contributed by atoms with van der Waals surface area (Å²) in [5.74, 6) is -1.42. The van der Waals surface area contributed by atoms with Crippen LogP contribution in [-0.2, 0) is 14.3 Å². The van der Waals surface area contributed by atoms with Crippen molar-refractivity contribution in [1.29, 1.82) is 0 Å². The van der Waals surface area contributed by atoms with Crippen molar-refractivity contribution in [1.82, 2.24) is 0 Å². The summed E-state index contributed by atoms with van der Waals surface area (Å²) in [5.41, 5.74) is -1.33. The molecule has 19 heavy (non-hydrogen) atoms. The Hall–Kier alpha value is -1.06. The van der Waals surface area contributed by atoms with Gasteiger partial charge < -0.3 is 9.84 Å². The molecule has 1 N–H and O–H groups in total. The van der Waals surface area contributed by atoms with E-state index in [4.69, 9.17) is 4.74 Å². The normalized spacial score (nSPS) is 20.8. The number of methoxy groups -OCH3 is 1. The van der Waals surface area contributed by atoms with E-state index in [0.29, 0.717) is 6.42 Å². The van der Waals surface area contributed by atoms with E-state index >= 15 is 0 Å². The molecule has 0 radical (unpaired) electrons. The second kappa shape index (κ2) is 6.92. The molecule has 110 valence electrons.